The number of fused-ring (bicyclic) bond motifs is 1. The minimum absolute atomic E-state index is 0.0282. The molecule has 4 aromatic rings. The number of carbonyl (C=O) groups is 2. The quantitative estimate of drug-likeness (QED) is 0.287. The lowest BCUT2D eigenvalue weighted by Crippen LogP contribution is -2.42. The van der Waals surface area contributed by atoms with Crippen LogP contribution in [-0.4, -0.2) is 28.2 Å². The number of hydrogen-bond donors (Lipinski definition) is 1. The molecule has 1 aromatic heterocycles. The van der Waals surface area contributed by atoms with Gasteiger partial charge in [0.1, 0.15) is 28.9 Å². The molecule has 0 aliphatic carbocycles. The highest BCUT2D eigenvalue weighted by atomic mass is 32.1. The molecular weight excluding hydrogens is 513 g/mol. The fourth-order valence-electron chi connectivity index (χ4n) is 4.75. The molecule has 1 aliphatic rings. The van der Waals surface area contributed by atoms with Gasteiger partial charge in [-0.3, -0.25) is 9.59 Å². The predicted octanol–water partition coefficient (Wildman–Crippen LogP) is 6.55. The summed E-state index contributed by atoms with van der Waals surface area (Å²) in [5.74, 6) is -0.141. The largest absolute Gasteiger partial charge is 0.486 e. The number of rotatable bonds is 7. The summed E-state index contributed by atoms with van der Waals surface area (Å²) in [5, 5.41) is 5.24. The Labute approximate surface area is 231 Å². The van der Waals surface area contributed by atoms with Crippen molar-refractivity contribution in [3.05, 3.63) is 111 Å². The number of ether oxygens (including phenoxy) is 1. The lowest BCUT2D eigenvalue weighted by Gasteiger charge is -2.39. The zero-order valence-corrected chi connectivity index (χ0v) is 22.9. The summed E-state index contributed by atoms with van der Waals surface area (Å²) in [4.78, 5) is 32.0. The zero-order valence-electron chi connectivity index (χ0n) is 22.1. The Bertz CT molecular complexity index is 1500. The van der Waals surface area contributed by atoms with Gasteiger partial charge in [-0.1, -0.05) is 49.7 Å². The predicted molar refractivity (Wildman–Crippen MR) is 151 cm³/mol. The van der Waals surface area contributed by atoms with E-state index in [0.717, 1.165) is 22.3 Å². The average molecular weight is 544 g/mol. The van der Waals surface area contributed by atoms with Gasteiger partial charge in [-0.25, -0.2) is 9.37 Å². The third-order valence-electron chi connectivity index (χ3n) is 6.74. The molecule has 1 aliphatic heterocycles. The van der Waals surface area contributed by atoms with Crippen molar-refractivity contribution >= 4 is 28.8 Å². The molecule has 0 bridgehead atoms. The Hall–Kier alpha value is -4.04. The lowest BCUT2D eigenvalue weighted by molar-refractivity contribution is -0.136. The van der Waals surface area contributed by atoms with E-state index in [9.17, 15) is 14.0 Å². The van der Waals surface area contributed by atoms with Gasteiger partial charge in [-0.2, -0.15) is 0 Å². The number of nitrogens with zero attached hydrogens (tertiary/aromatic N) is 2. The fourth-order valence-corrected chi connectivity index (χ4v) is 5.43. The molecule has 1 atom stereocenters. The number of anilines is 1. The molecule has 3 aromatic carbocycles. The van der Waals surface area contributed by atoms with Gasteiger partial charge in [-0.15, -0.1) is 11.3 Å². The van der Waals surface area contributed by atoms with E-state index in [-0.39, 0.29) is 30.2 Å². The maximum absolute atomic E-state index is 14.2. The van der Waals surface area contributed by atoms with E-state index in [1.165, 1.54) is 23.5 Å². The van der Waals surface area contributed by atoms with Crippen LogP contribution in [-0.2, 0) is 17.8 Å². The summed E-state index contributed by atoms with van der Waals surface area (Å²) >= 11 is 1.35. The fraction of sp³-hybridized carbons (Fsp3) is 0.258. The van der Waals surface area contributed by atoms with E-state index in [2.05, 4.69) is 10.3 Å². The second kappa shape index (κ2) is 11.4. The molecule has 0 saturated carbocycles. The normalized spacial score (nSPS) is 14.7. The summed E-state index contributed by atoms with van der Waals surface area (Å²) in [6, 6.07) is 19.5. The molecule has 0 spiro atoms. The number of aryl methyl sites for hydroxylation is 1. The number of thiazole rings is 1. The van der Waals surface area contributed by atoms with Gasteiger partial charge < -0.3 is 15.0 Å². The topological polar surface area (TPSA) is 71.5 Å². The second-order valence-corrected chi connectivity index (χ2v) is 10.9. The standard InChI is InChI=1S/C31H30FN3O3S/c1-19(2)31(37)35-14-13-21-9-12-25(16-26(21)29(35)22-5-4-6-23(32)15-22)38-17-28-34-27(18-39-28)30(36)33-24-10-7-20(3)8-11-24/h4-12,15-16,18-19,29H,13-14,17H2,1-3H3,(H,33,36)/t29-/m1/s1. The first kappa shape index (κ1) is 26.6. The first-order valence-corrected chi connectivity index (χ1v) is 13.8. The van der Waals surface area contributed by atoms with Gasteiger partial charge in [0.25, 0.3) is 5.91 Å². The number of amides is 2. The molecule has 5 rings (SSSR count). The molecule has 0 radical (unpaired) electrons. The van der Waals surface area contributed by atoms with Gasteiger partial charge in [0.2, 0.25) is 5.91 Å². The number of carbonyl (C=O) groups excluding carboxylic acids is 2. The first-order valence-electron chi connectivity index (χ1n) is 12.9. The van der Waals surface area contributed by atoms with Crippen molar-refractivity contribution in [2.45, 2.75) is 39.8 Å². The lowest BCUT2D eigenvalue weighted by atomic mass is 9.87. The molecule has 2 heterocycles. The highest BCUT2D eigenvalue weighted by Crippen LogP contribution is 2.38. The van der Waals surface area contributed by atoms with Crippen LogP contribution < -0.4 is 10.1 Å². The summed E-state index contributed by atoms with van der Waals surface area (Å²) in [6.45, 7) is 6.51. The van der Waals surface area contributed by atoms with Gasteiger partial charge in [0.15, 0.2) is 0 Å². The minimum Gasteiger partial charge on any atom is -0.486 e. The van der Waals surface area contributed by atoms with E-state index >= 15 is 0 Å². The molecule has 0 saturated heterocycles. The van der Waals surface area contributed by atoms with Crippen molar-refractivity contribution < 1.29 is 18.7 Å². The molecule has 39 heavy (non-hydrogen) atoms. The van der Waals surface area contributed by atoms with Crippen LogP contribution in [0.25, 0.3) is 0 Å². The summed E-state index contributed by atoms with van der Waals surface area (Å²) in [6.07, 6.45) is 0.714. The van der Waals surface area contributed by atoms with Crippen LogP contribution in [0.5, 0.6) is 5.75 Å². The third kappa shape index (κ3) is 6.01. The number of halogens is 1. The van der Waals surface area contributed by atoms with Crippen molar-refractivity contribution in [2.75, 3.05) is 11.9 Å². The van der Waals surface area contributed by atoms with E-state index in [1.807, 2.05) is 74.2 Å². The van der Waals surface area contributed by atoms with Crippen LogP contribution in [0.15, 0.2) is 72.1 Å². The van der Waals surface area contributed by atoms with Crippen molar-refractivity contribution in [1.82, 2.24) is 9.88 Å². The highest BCUT2D eigenvalue weighted by Gasteiger charge is 2.33. The van der Waals surface area contributed by atoms with E-state index in [4.69, 9.17) is 4.74 Å². The minimum atomic E-state index is -0.403. The maximum Gasteiger partial charge on any atom is 0.275 e. The Kier molecular flexibility index (Phi) is 7.74. The maximum atomic E-state index is 14.2. The highest BCUT2D eigenvalue weighted by molar-refractivity contribution is 7.09. The number of hydrogen-bond acceptors (Lipinski definition) is 5. The molecule has 0 fully saturated rings. The summed E-state index contributed by atoms with van der Waals surface area (Å²) < 4.78 is 20.3. The molecule has 8 heteroatoms. The Morgan fingerprint density at radius 1 is 1.13 bits per heavy atom. The van der Waals surface area contributed by atoms with Gasteiger partial charge in [-0.05, 0) is 66.4 Å². The number of nitrogens with one attached hydrogen (secondary N) is 1. The molecule has 2 amide bonds. The van der Waals surface area contributed by atoms with Crippen molar-refractivity contribution in [3.8, 4) is 5.75 Å². The number of aromatic nitrogens is 1. The number of benzene rings is 3. The van der Waals surface area contributed by atoms with Crippen molar-refractivity contribution in [1.29, 1.82) is 0 Å². The van der Waals surface area contributed by atoms with Crippen molar-refractivity contribution in [3.63, 3.8) is 0 Å². The van der Waals surface area contributed by atoms with Crippen LogP contribution in [0.3, 0.4) is 0 Å². The molecule has 0 unspecified atom stereocenters. The Morgan fingerprint density at radius 3 is 2.67 bits per heavy atom. The van der Waals surface area contributed by atoms with Gasteiger partial charge in [0, 0.05) is 23.5 Å². The smallest absolute Gasteiger partial charge is 0.275 e. The Morgan fingerprint density at radius 2 is 1.92 bits per heavy atom. The molecule has 6 nitrogen and oxygen atoms in total. The average Bonchev–Trinajstić information content (AvgIpc) is 3.41. The van der Waals surface area contributed by atoms with Crippen LogP contribution in [0.4, 0.5) is 10.1 Å². The van der Waals surface area contributed by atoms with Crippen LogP contribution in [0, 0.1) is 18.7 Å². The van der Waals surface area contributed by atoms with Gasteiger partial charge in [0.05, 0.1) is 6.04 Å². The van der Waals surface area contributed by atoms with E-state index in [1.54, 1.807) is 11.4 Å². The third-order valence-corrected chi connectivity index (χ3v) is 7.57. The molecule has 200 valence electrons. The van der Waals surface area contributed by atoms with E-state index < -0.39 is 6.04 Å². The molecule has 1 N–H and O–H groups in total. The summed E-state index contributed by atoms with van der Waals surface area (Å²) in [5.41, 5.74) is 4.92. The zero-order chi connectivity index (χ0) is 27.5. The van der Waals surface area contributed by atoms with Crippen LogP contribution in [0.2, 0.25) is 0 Å². The monoisotopic (exact) mass is 543 g/mol. The van der Waals surface area contributed by atoms with Crippen LogP contribution in [0.1, 0.15) is 57.6 Å². The van der Waals surface area contributed by atoms with E-state index in [0.29, 0.717) is 35.1 Å². The molecular formula is C31H30FN3O3S. The Balaban J connectivity index is 1.34. The van der Waals surface area contributed by atoms with Crippen molar-refractivity contribution in [2.24, 2.45) is 5.92 Å². The second-order valence-electron chi connectivity index (χ2n) is 9.99. The SMILES string of the molecule is Cc1ccc(NC(=O)c2csc(COc3ccc4c(c3)[C@@H](c3cccc(F)c3)N(C(=O)C(C)C)CC4)n2)cc1. The first-order chi connectivity index (χ1) is 18.8. The van der Waals surface area contributed by atoms with Crippen LogP contribution >= 0.6 is 11.3 Å². The van der Waals surface area contributed by atoms with Gasteiger partial charge >= 0.3 is 0 Å². The summed E-state index contributed by atoms with van der Waals surface area (Å²) in [7, 11) is 0.